The number of imide groups is 1. The van der Waals surface area contributed by atoms with Gasteiger partial charge in [-0.15, -0.1) is 0 Å². The van der Waals surface area contributed by atoms with Crippen molar-refractivity contribution in [1.29, 1.82) is 0 Å². The number of carbonyl (C=O) groups is 3. The summed E-state index contributed by atoms with van der Waals surface area (Å²) in [7, 11) is 2.91. The van der Waals surface area contributed by atoms with Crippen molar-refractivity contribution in [2.45, 2.75) is 19.1 Å². The maximum Gasteiger partial charge on any atom is 0.358 e. The molecule has 1 aromatic rings. The zero-order chi connectivity index (χ0) is 22.0. The van der Waals surface area contributed by atoms with Gasteiger partial charge in [-0.25, -0.2) is 9.37 Å². The van der Waals surface area contributed by atoms with Crippen LogP contribution in [0.1, 0.15) is 5.56 Å². The van der Waals surface area contributed by atoms with Crippen molar-refractivity contribution in [2.75, 3.05) is 33.0 Å². The summed E-state index contributed by atoms with van der Waals surface area (Å²) in [5, 5.41) is 10.9. The number of hydrogen-bond acceptors (Lipinski definition) is 7. The Labute approximate surface area is 178 Å². The molecule has 0 bridgehead atoms. The molecule has 3 N–H and O–H groups in total. The number of primary amides is 1. The number of hydrogen-bond donors (Lipinski definition) is 2. The van der Waals surface area contributed by atoms with Crippen LogP contribution in [0.3, 0.4) is 0 Å². The number of nitrogens with zero attached hydrogens (tertiary/aromatic N) is 4. The van der Waals surface area contributed by atoms with Gasteiger partial charge in [0, 0.05) is 14.1 Å². The molecule has 3 rings (SSSR count). The normalized spacial score (nSPS) is 19.7. The van der Waals surface area contributed by atoms with Gasteiger partial charge in [0.2, 0.25) is 5.91 Å². The second-order valence-corrected chi connectivity index (χ2v) is 8.02. The molecular formula is C19H24N5O5S+. The Morgan fingerprint density at radius 3 is 2.60 bits per heavy atom. The number of thioether (sulfide) groups is 1. The summed E-state index contributed by atoms with van der Waals surface area (Å²) in [6, 6.07) is 6.04. The van der Waals surface area contributed by atoms with Gasteiger partial charge in [0.1, 0.15) is 25.0 Å². The number of aliphatic imine (C=N–C) groups is 1. The summed E-state index contributed by atoms with van der Waals surface area (Å²) < 4.78 is 7.20. The highest BCUT2D eigenvalue weighted by Crippen LogP contribution is 2.23. The number of benzene rings is 1. The molecule has 2 heterocycles. The van der Waals surface area contributed by atoms with Crippen molar-refractivity contribution in [3.8, 4) is 5.75 Å². The molecule has 1 saturated heterocycles. The fraction of sp³-hybridized carbons (Fsp3) is 0.421. The van der Waals surface area contributed by atoms with E-state index in [1.54, 1.807) is 16.7 Å². The number of amidine groups is 2. The third-order valence-corrected chi connectivity index (χ3v) is 5.72. The van der Waals surface area contributed by atoms with E-state index in [2.05, 4.69) is 4.99 Å². The largest absolute Gasteiger partial charge is 0.491 e. The molecule has 2 atom stereocenters. The van der Waals surface area contributed by atoms with Crippen LogP contribution in [0.4, 0.5) is 4.79 Å². The Bertz CT molecular complexity index is 930. The number of urea groups is 1. The summed E-state index contributed by atoms with van der Waals surface area (Å²) in [6.45, 7) is 1.98. The smallest absolute Gasteiger partial charge is 0.358 e. The second-order valence-electron chi connectivity index (χ2n) is 7.08. The van der Waals surface area contributed by atoms with Gasteiger partial charge in [-0.1, -0.05) is 17.7 Å². The zero-order valence-corrected chi connectivity index (χ0v) is 17.8. The fourth-order valence-corrected chi connectivity index (χ4v) is 3.89. The lowest BCUT2D eigenvalue weighted by atomic mass is 10.1. The van der Waals surface area contributed by atoms with Crippen molar-refractivity contribution >= 4 is 40.6 Å². The van der Waals surface area contributed by atoms with Gasteiger partial charge >= 0.3 is 11.2 Å². The Kier molecular flexibility index (Phi) is 6.42. The topological polar surface area (TPSA) is 129 Å². The number of fused-ring (bicyclic) bond motifs is 1. The Morgan fingerprint density at radius 2 is 1.97 bits per heavy atom. The summed E-state index contributed by atoms with van der Waals surface area (Å²) >= 11 is 1.05. The van der Waals surface area contributed by atoms with E-state index in [4.69, 9.17) is 10.5 Å². The van der Waals surface area contributed by atoms with E-state index in [1.807, 2.05) is 19.1 Å². The van der Waals surface area contributed by atoms with Crippen LogP contribution in [0, 0.1) is 6.92 Å². The number of amides is 4. The van der Waals surface area contributed by atoms with Crippen LogP contribution in [-0.4, -0.2) is 93.5 Å². The maximum absolute atomic E-state index is 12.8. The Morgan fingerprint density at radius 1 is 1.30 bits per heavy atom. The third kappa shape index (κ3) is 4.46. The molecule has 2 aliphatic rings. The van der Waals surface area contributed by atoms with E-state index < -0.39 is 30.0 Å². The average molecular weight is 434 g/mol. The summed E-state index contributed by atoms with van der Waals surface area (Å²) in [4.78, 5) is 42.9. The first kappa shape index (κ1) is 21.8. The summed E-state index contributed by atoms with van der Waals surface area (Å²) in [5.74, 6) is -0.185. The Balaban J connectivity index is 1.78. The van der Waals surface area contributed by atoms with Crippen LogP contribution < -0.4 is 10.5 Å². The molecule has 2 aliphatic heterocycles. The number of rotatable bonds is 7. The number of aryl methyl sites for hydroxylation is 1. The van der Waals surface area contributed by atoms with E-state index in [1.165, 1.54) is 19.0 Å². The molecule has 0 aromatic heterocycles. The zero-order valence-electron chi connectivity index (χ0n) is 16.9. The highest BCUT2D eigenvalue weighted by Gasteiger charge is 2.53. The van der Waals surface area contributed by atoms with Crippen LogP contribution in [0.25, 0.3) is 0 Å². The number of aliphatic hydroxyl groups excluding tert-OH is 1. The number of β-amino-alcohol motifs (C(OH)–C–C–N with tert-alkyl or cyclic N) is 1. The first-order valence-electron chi connectivity index (χ1n) is 9.25. The van der Waals surface area contributed by atoms with Crippen LogP contribution >= 0.6 is 11.8 Å². The van der Waals surface area contributed by atoms with Crippen molar-refractivity contribution in [3.63, 3.8) is 0 Å². The molecule has 4 amide bonds. The predicted molar refractivity (Wildman–Crippen MR) is 112 cm³/mol. The predicted octanol–water partition coefficient (Wildman–Crippen LogP) is -0.374. The number of aliphatic hydroxyl groups is 1. The number of ether oxygens (including phenoxy) is 1. The summed E-state index contributed by atoms with van der Waals surface area (Å²) in [5.41, 5.74) is 6.33. The van der Waals surface area contributed by atoms with Gasteiger partial charge in [0.15, 0.2) is 0 Å². The third-order valence-electron chi connectivity index (χ3n) is 4.71. The van der Waals surface area contributed by atoms with Crippen molar-refractivity contribution in [3.05, 3.63) is 29.8 Å². The van der Waals surface area contributed by atoms with Crippen LogP contribution in [-0.2, 0) is 9.59 Å². The lowest BCUT2D eigenvalue weighted by molar-refractivity contribution is -0.541. The van der Waals surface area contributed by atoms with E-state index in [-0.39, 0.29) is 24.7 Å². The van der Waals surface area contributed by atoms with E-state index in [0.717, 1.165) is 22.2 Å². The van der Waals surface area contributed by atoms with E-state index >= 15 is 0 Å². The lowest BCUT2D eigenvalue weighted by Crippen LogP contribution is -2.62. The SMILES string of the molecule is Cc1ccc(OCC(O)C[N+]2=C(SCC(N)=O)N=C3C2C(=O)N(C)C(=O)N3C)cc1. The highest BCUT2D eigenvalue weighted by molar-refractivity contribution is 8.14. The Hall–Kier alpha value is -2.92. The van der Waals surface area contributed by atoms with Crippen LogP contribution in [0.5, 0.6) is 5.75 Å². The van der Waals surface area contributed by atoms with Gasteiger partial charge in [0.25, 0.3) is 17.8 Å². The van der Waals surface area contributed by atoms with Crippen LogP contribution in [0.2, 0.25) is 0 Å². The van der Waals surface area contributed by atoms with Gasteiger partial charge in [0.05, 0.1) is 5.75 Å². The molecule has 30 heavy (non-hydrogen) atoms. The van der Waals surface area contributed by atoms with E-state index in [9.17, 15) is 19.5 Å². The molecule has 0 spiro atoms. The van der Waals surface area contributed by atoms with Crippen LogP contribution in [0.15, 0.2) is 29.3 Å². The molecule has 160 valence electrons. The fourth-order valence-electron chi connectivity index (χ4n) is 3.12. The quantitative estimate of drug-likeness (QED) is 0.564. The highest BCUT2D eigenvalue weighted by atomic mass is 32.2. The van der Waals surface area contributed by atoms with Crippen molar-refractivity contribution in [2.24, 2.45) is 10.7 Å². The van der Waals surface area contributed by atoms with Gasteiger partial charge < -0.3 is 15.6 Å². The van der Waals surface area contributed by atoms with Gasteiger partial charge in [-0.2, -0.15) is 0 Å². The first-order valence-corrected chi connectivity index (χ1v) is 10.2. The molecule has 11 heteroatoms. The van der Waals surface area contributed by atoms with Gasteiger partial charge in [-0.3, -0.25) is 19.4 Å². The molecule has 10 nitrogen and oxygen atoms in total. The second kappa shape index (κ2) is 8.84. The lowest BCUT2D eigenvalue weighted by Gasteiger charge is -2.31. The number of carbonyl (C=O) groups excluding carboxylic acids is 3. The molecule has 1 fully saturated rings. The molecule has 0 saturated carbocycles. The molecular weight excluding hydrogens is 410 g/mol. The molecule has 1 aromatic carbocycles. The maximum atomic E-state index is 12.8. The first-order chi connectivity index (χ1) is 14.2. The monoisotopic (exact) mass is 434 g/mol. The number of likely N-dealkylation sites (N-methyl/N-ethyl adjacent to an activating group) is 2. The molecule has 0 radical (unpaired) electrons. The standard InChI is InChI=1S/C19H23N5O5S/c1-11-4-6-13(7-5-11)29-9-12(25)8-24-15-16(21-18(24)30-10-14(20)26)22(2)19(28)23(3)17(15)27/h4-7,12,15,25H,8-10H2,1-3H3,(H-,20,26)/p+1. The van der Waals surface area contributed by atoms with E-state index in [0.29, 0.717) is 10.9 Å². The number of nitrogens with two attached hydrogens (primary N) is 1. The minimum atomic E-state index is -0.953. The van der Waals surface area contributed by atoms with Gasteiger partial charge in [-0.05, 0) is 35.8 Å². The summed E-state index contributed by atoms with van der Waals surface area (Å²) in [6.07, 6.45) is -0.953. The molecule has 0 aliphatic carbocycles. The van der Waals surface area contributed by atoms with Crippen molar-refractivity contribution in [1.82, 2.24) is 9.80 Å². The minimum absolute atomic E-state index is 0.00577. The average Bonchev–Trinajstić information content (AvgIpc) is 3.07. The molecule has 2 unspecified atom stereocenters. The van der Waals surface area contributed by atoms with Crippen molar-refractivity contribution < 1.29 is 28.8 Å². The minimum Gasteiger partial charge on any atom is -0.491 e.